The Labute approximate surface area is 116 Å². The number of pyridine rings is 1. The highest BCUT2D eigenvalue weighted by atomic mass is 32.1. The van der Waals surface area contributed by atoms with E-state index in [1.165, 1.54) is 4.70 Å². The van der Waals surface area contributed by atoms with Crippen LogP contribution in [0.5, 0.6) is 5.88 Å². The molecule has 0 bridgehead atoms. The number of thiophene rings is 1. The molecule has 0 aliphatic carbocycles. The lowest BCUT2D eigenvalue weighted by atomic mass is 10.2. The first-order valence-corrected chi connectivity index (χ1v) is 7.00. The molecule has 3 rings (SSSR count). The number of rotatable bonds is 3. The first kappa shape index (κ1) is 12.2. The van der Waals surface area contributed by atoms with Gasteiger partial charge in [0.05, 0.1) is 10.4 Å². The van der Waals surface area contributed by atoms with Crippen LogP contribution in [0.2, 0.25) is 0 Å². The lowest BCUT2D eigenvalue weighted by Gasteiger charge is -2.10. The third kappa shape index (κ3) is 2.34. The molecule has 2 aromatic heterocycles. The molecule has 95 valence electrons. The molecule has 0 atom stereocenters. The standard InChI is InChI=1S/C16H14NOS/c1-11-14-8-9-19-15(14)12(2)17-16(11)18-10-13-6-4-3-5-7-13/h3-9H,1,10H2,2H3. The van der Waals surface area contributed by atoms with E-state index >= 15 is 0 Å². The zero-order valence-electron chi connectivity index (χ0n) is 10.7. The number of hydrogen-bond acceptors (Lipinski definition) is 3. The SMILES string of the molecule is [CH2]c1c(OCc2ccccc2)nc(C)c2sccc12. The van der Waals surface area contributed by atoms with E-state index in [4.69, 9.17) is 4.74 Å². The summed E-state index contributed by atoms with van der Waals surface area (Å²) in [5, 5.41) is 3.20. The van der Waals surface area contributed by atoms with Gasteiger partial charge in [-0.05, 0) is 30.9 Å². The number of fused-ring (bicyclic) bond motifs is 1. The van der Waals surface area contributed by atoms with Crippen LogP contribution in [0.4, 0.5) is 0 Å². The Morgan fingerprint density at radius 2 is 2.00 bits per heavy atom. The van der Waals surface area contributed by atoms with Crippen molar-refractivity contribution in [3.05, 3.63) is 65.5 Å². The van der Waals surface area contributed by atoms with Crippen LogP contribution in [-0.2, 0) is 6.61 Å². The fourth-order valence-corrected chi connectivity index (χ4v) is 2.93. The number of aromatic nitrogens is 1. The number of ether oxygens (including phenoxy) is 1. The number of benzene rings is 1. The van der Waals surface area contributed by atoms with Crippen molar-refractivity contribution in [1.82, 2.24) is 4.98 Å². The summed E-state index contributed by atoms with van der Waals surface area (Å²) in [4.78, 5) is 4.51. The third-order valence-corrected chi connectivity index (χ3v) is 4.09. The normalized spacial score (nSPS) is 10.8. The Kier molecular flexibility index (Phi) is 3.22. The van der Waals surface area contributed by atoms with E-state index in [1.54, 1.807) is 11.3 Å². The van der Waals surface area contributed by atoms with Gasteiger partial charge in [0.1, 0.15) is 6.61 Å². The maximum Gasteiger partial charge on any atom is 0.217 e. The van der Waals surface area contributed by atoms with Gasteiger partial charge >= 0.3 is 0 Å². The molecule has 0 saturated carbocycles. The number of nitrogens with zero attached hydrogens (tertiary/aromatic N) is 1. The molecule has 0 aliphatic heterocycles. The van der Waals surface area contributed by atoms with E-state index in [1.807, 2.05) is 37.3 Å². The zero-order valence-corrected chi connectivity index (χ0v) is 11.5. The van der Waals surface area contributed by atoms with Gasteiger partial charge in [0.25, 0.3) is 0 Å². The molecule has 0 N–H and O–H groups in total. The van der Waals surface area contributed by atoms with Crippen LogP contribution in [0.3, 0.4) is 0 Å². The molecule has 2 heterocycles. The summed E-state index contributed by atoms with van der Waals surface area (Å²) in [5.74, 6) is 0.632. The van der Waals surface area contributed by atoms with Crippen molar-refractivity contribution in [2.24, 2.45) is 0 Å². The molecule has 1 aromatic carbocycles. The summed E-state index contributed by atoms with van der Waals surface area (Å²) in [6.45, 7) is 6.62. The average Bonchev–Trinajstić information content (AvgIpc) is 2.92. The zero-order chi connectivity index (χ0) is 13.2. The van der Waals surface area contributed by atoms with Gasteiger partial charge in [0.15, 0.2) is 0 Å². The second kappa shape index (κ2) is 5.02. The molecule has 0 fully saturated rings. The average molecular weight is 268 g/mol. The molecule has 0 amide bonds. The third-order valence-electron chi connectivity index (χ3n) is 3.06. The van der Waals surface area contributed by atoms with Crippen LogP contribution < -0.4 is 4.74 Å². The van der Waals surface area contributed by atoms with Gasteiger partial charge in [-0.25, -0.2) is 4.98 Å². The highest BCUT2D eigenvalue weighted by Gasteiger charge is 2.10. The lowest BCUT2D eigenvalue weighted by molar-refractivity contribution is 0.293. The Bertz CT molecular complexity index is 703. The van der Waals surface area contributed by atoms with Crippen LogP contribution in [0.15, 0.2) is 41.8 Å². The van der Waals surface area contributed by atoms with Crippen molar-refractivity contribution >= 4 is 21.4 Å². The summed E-state index contributed by atoms with van der Waals surface area (Å²) in [6, 6.07) is 12.2. The van der Waals surface area contributed by atoms with Crippen molar-refractivity contribution in [3.63, 3.8) is 0 Å². The number of hydrogen-bond donors (Lipinski definition) is 0. The monoisotopic (exact) mass is 268 g/mol. The molecule has 0 aliphatic rings. The fraction of sp³-hybridized carbons (Fsp3) is 0.125. The minimum Gasteiger partial charge on any atom is -0.473 e. The van der Waals surface area contributed by atoms with E-state index in [9.17, 15) is 0 Å². The molecule has 19 heavy (non-hydrogen) atoms. The fourth-order valence-electron chi connectivity index (χ4n) is 2.06. The maximum atomic E-state index is 5.81. The topological polar surface area (TPSA) is 22.1 Å². The minimum atomic E-state index is 0.519. The lowest BCUT2D eigenvalue weighted by Crippen LogP contribution is -2.00. The van der Waals surface area contributed by atoms with E-state index in [0.29, 0.717) is 12.5 Å². The summed E-state index contributed by atoms with van der Waals surface area (Å²) in [5.41, 5.74) is 3.00. The van der Waals surface area contributed by atoms with Gasteiger partial charge in [-0.15, -0.1) is 11.3 Å². The molecule has 0 unspecified atom stereocenters. The van der Waals surface area contributed by atoms with Crippen LogP contribution >= 0.6 is 11.3 Å². The van der Waals surface area contributed by atoms with E-state index in [2.05, 4.69) is 23.4 Å². The first-order chi connectivity index (χ1) is 9.25. The van der Waals surface area contributed by atoms with Gasteiger partial charge < -0.3 is 4.74 Å². The molecular formula is C16H14NOS. The largest absolute Gasteiger partial charge is 0.473 e. The van der Waals surface area contributed by atoms with Crippen molar-refractivity contribution < 1.29 is 4.74 Å². The van der Waals surface area contributed by atoms with Crippen molar-refractivity contribution in [2.75, 3.05) is 0 Å². The smallest absolute Gasteiger partial charge is 0.217 e. The van der Waals surface area contributed by atoms with Crippen molar-refractivity contribution in [2.45, 2.75) is 13.5 Å². The highest BCUT2D eigenvalue weighted by molar-refractivity contribution is 7.17. The second-order valence-electron chi connectivity index (χ2n) is 4.42. The van der Waals surface area contributed by atoms with Crippen LogP contribution in [0.25, 0.3) is 10.1 Å². The van der Waals surface area contributed by atoms with Gasteiger partial charge in [0.2, 0.25) is 5.88 Å². The Hall–Kier alpha value is -1.87. The summed E-state index contributed by atoms with van der Waals surface area (Å²) in [7, 11) is 0. The van der Waals surface area contributed by atoms with Crippen molar-refractivity contribution in [3.8, 4) is 5.88 Å². The molecule has 2 nitrogen and oxygen atoms in total. The van der Waals surface area contributed by atoms with Gasteiger partial charge in [-0.1, -0.05) is 30.3 Å². The summed E-state index contributed by atoms with van der Waals surface area (Å²) < 4.78 is 7.00. The molecule has 0 saturated heterocycles. The Balaban J connectivity index is 1.91. The van der Waals surface area contributed by atoms with Crippen LogP contribution in [0.1, 0.15) is 16.8 Å². The molecule has 1 radical (unpaired) electrons. The van der Waals surface area contributed by atoms with Gasteiger partial charge in [-0.2, -0.15) is 0 Å². The van der Waals surface area contributed by atoms with Gasteiger partial charge in [-0.3, -0.25) is 0 Å². The second-order valence-corrected chi connectivity index (χ2v) is 5.33. The molecule has 3 aromatic rings. The van der Waals surface area contributed by atoms with Crippen LogP contribution in [0, 0.1) is 13.8 Å². The predicted octanol–water partition coefficient (Wildman–Crippen LogP) is 4.37. The minimum absolute atomic E-state index is 0.519. The molecule has 0 spiro atoms. The number of aryl methyl sites for hydroxylation is 1. The van der Waals surface area contributed by atoms with E-state index < -0.39 is 0 Å². The maximum absolute atomic E-state index is 5.81. The van der Waals surface area contributed by atoms with Crippen LogP contribution in [-0.4, -0.2) is 4.98 Å². The van der Waals surface area contributed by atoms with Gasteiger partial charge in [0, 0.05) is 10.9 Å². The summed E-state index contributed by atoms with van der Waals surface area (Å²) >= 11 is 1.69. The Morgan fingerprint density at radius 3 is 2.79 bits per heavy atom. The molecule has 3 heteroatoms. The quantitative estimate of drug-likeness (QED) is 0.704. The van der Waals surface area contributed by atoms with Crippen molar-refractivity contribution in [1.29, 1.82) is 0 Å². The van der Waals surface area contributed by atoms with E-state index in [0.717, 1.165) is 22.2 Å². The predicted molar refractivity (Wildman–Crippen MR) is 79.6 cm³/mol. The highest BCUT2D eigenvalue weighted by Crippen LogP contribution is 2.31. The summed E-state index contributed by atoms with van der Waals surface area (Å²) in [6.07, 6.45) is 0. The molecular weight excluding hydrogens is 254 g/mol. The Morgan fingerprint density at radius 1 is 1.21 bits per heavy atom. The first-order valence-electron chi connectivity index (χ1n) is 6.12. The van der Waals surface area contributed by atoms with E-state index in [-0.39, 0.29) is 0 Å².